The summed E-state index contributed by atoms with van der Waals surface area (Å²) in [6.07, 6.45) is 0. The van der Waals surface area contributed by atoms with Gasteiger partial charge in [0.15, 0.2) is 11.3 Å². The SMILES string of the molecule is CC(C)C(=O)C(C)(C)N=O. The van der Waals surface area contributed by atoms with Crippen molar-refractivity contribution >= 4 is 5.78 Å². The summed E-state index contributed by atoms with van der Waals surface area (Å²) in [6, 6.07) is 0. The Kier molecular flexibility index (Phi) is 2.69. The molecule has 0 radical (unpaired) electrons. The molecule has 0 unspecified atom stereocenters. The van der Waals surface area contributed by atoms with Gasteiger partial charge in [-0.25, -0.2) is 0 Å². The molecular formula is C7H13NO2. The summed E-state index contributed by atoms with van der Waals surface area (Å²) in [4.78, 5) is 21.2. The first-order chi connectivity index (χ1) is 4.41. The van der Waals surface area contributed by atoms with E-state index < -0.39 is 5.54 Å². The molecule has 0 N–H and O–H groups in total. The molecule has 0 saturated carbocycles. The molecule has 0 atom stereocenters. The Morgan fingerprint density at radius 3 is 1.90 bits per heavy atom. The van der Waals surface area contributed by atoms with Gasteiger partial charge in [0.2, 0.25) is 0 Å². The molecule has 0 aromatic rings. The minimum atomic E-state index is -1.05. The maximum Gasteiger partial charge on any atom is 0.165 e. The number of hydrogen-bond acceptors (Lipinski definition) is 3. The monoisotopic (exact) mass is 143 g/mol. The number of ketones is 1. The van der Waals surface area contributed by atoms with E-state index in [4.69, 9.17) is 0 Å². The number of rotatable bonds is 3. The van der Waals surface area contributed by atoms with E-state index >= 15 is 0 Å². The van der Waals surface area contributed by atoms with E-state index in [1.54, 1.807) is 13.8 Å². The Morgan fingerprint density at radius 2 is 1.80 bits per heavy atom. The van der Waals surface area contributed by atoms with E-state index in [2.05, 4.69) is 5.18 Å². The maximum atomic E-state index is 11.1. The molecular weight excluding hydrogens is 130 g/mol. The van der Waals surface area contributed by atoms with Crippen molar-refractivity contribution in [2.45, 2.75) is 33.2 Å². The van der Waals surface area contributed by atoms with E-state index in [0.717, 1.165) is 0 Å². The van der Waals surface area contributed by atoms with Gasteiger partial charge in [-0.3, -0.25) is 4.79 Å². The lowest BCUT2D eigenvalue weighted by atomic mass is 9.92. The molecule has 0 aromatic carbocycles. The average molecular weight is 143 g/mol. The highest BCUT2D eigenvalue weighted by Crippen LogP contribution is 2.14. The number of carbonyl (C=O) groups is 1. The van der Waals surface area contributed by atoms with E-state index in [1.807, 2.05) is 0 Å². The normalized spacial score (nSPS) is 11.7. The molecule has 0 bridgehead atoms. The Hall–Kier alpha value is -0.730. The predicted molar refractivity (Wildman–Crippen MR) is 39.7 cm³/mol. The van der Waals surface area contributed by atoms with Crippen LogP contribution in [0.1, 0.15) is 27.7 Å². The summed E-state index contributed by atoms with van der Waals surface area (Å²) in [6.45, 7) is 6.58. The first-order valence-corrected chi connectivity index (χ1v) is 3.30. The predicted octanol–water partition coefficient (Wildman–Crippen LogP) is 1.76. The van der Waals surface area contributed by atoms with Crippen LogP contribution in [-0.4, -0.2) is 11.3 Å². The second-order valence-electron chi connectivity index (χ2n) is 3.17. The summed E-state index contributed by atoms with van der Waals surface area (Å²) in [5.41, 5.74) is -1.05. The summed E-state index contributed by atoms with van der Waals surface area (Å²) in [5, 5.41) is 2.74. The van der Waals surface area contributed by atoms with Crippen molar-refractivity contribution in [3.8, 4) is 0 Å². The molecule has 0 saturated heterocycles. The van der Waals surface area contributed by atoms with Gasteiger partial charge in [0.05, 0.1) is 0 Å². The highest BCUT2D eigenvalue weighted by Gasteiger charge is 2.30. The molecule has 58 valence electrons. The molecule has 0 fully saturated rings. The van der Waals surface area contributed by atoms with Gasteiger partial charge < -0.3 is 0 Å². The summed E-state index contributed by atoms with van der Waals surface area (Å²) in [5.74, 6) is -0.227. The second-order valence-corrected chi connectivity index (χ2v) is 3.17. The Morgan fingerprint density at radius 1 is 1.40 bits per heavy atom. The first-order valence-electron chi connectivity index (χ1n) is 3.30. The summed E-state index contributed by atoms with van der Waals surface area (Å²) in [7, 11) is 0. The van der Waals surface area contributed by atoms with Gasteiger partial charge in [-0.1, -0.05) is 19.0 Å². The van der Waals surface area contributed by atoms with E-state index in [0.29, 0.717) is 0 Å². The highest BCUT2D eigenvalue weighted by molar-refractivity contribution is 5.89. The number of nitroso groups, excluding NO2 is 1. The van der Waals surface area contributed by atoms with Crippen molar-refractivity contribution in [3.05, 3.63) is 4.91 Å². The van der Waals surface area contributed by atoms with Crippen LogP contribution in [0.15, 0.2) is 5.18 Å². The fourth-order valence-corrected chi connectivity index (χ4v) is 0.751. The zero-order valence-corrected chi connectivity index (χ0v) is 6.84. The molecule has 0 rings (SSSR count). The molecule has 0 aliphatic carbocycles. The van der Waals surface area contributed by atoms with Crippen LogP contribution in [0.5, 0.6) is 0 Å². The minimum absolute atomic E-state index is 0.109. The zero-order valence-electron chi connectivity index (χ0n) is 6.84. The Labute approximate surface area is 60.8 Å². The molecule has 3 heteroatoms. The van der Waals surface area contributed by atoms with Gasteiger partial charge in [0.25, 0.3) is 0 Å². The van der Waals surface area contributed by atoms with Crippen LogP contribution < -0.4 is 0 Å². The van der Waals surface area contributed by atoms with Crippen LogP contribution in [0.2, 0.25) is 0 Å². The molecule has 0 heterocycles. The van der Waals surface area contributed by atoms with Crippen LogP contribution >= 0.6 is 0 Å². The van der Waals surface area contributed by atoms with Crippen LogP contribution in [0.4, 0.5) is 0 Å². The fraction of sp³-hybridized carbons (Fsp3) is 0.857. The lowest BCUT2D eigenvalue weighted by Gasteiger charge is -2.15. The van der Waals surface area contributed by atoms with Crippen molar-refractivity contribution in [1.82, 2.24) is 0 Å². The topological polar surface area (TPSA) is 46.5 Å². The van der Waals surface area contributed by atoms with Crippen molar-refractivity contribution in [2.24, 2.45) is 11.1 Å². The van der Waals surface area contributed by atoms with Gasteiger partial charge in [-0.05, 0) is 13.8 Å². The van der Waals surface area contributed by atoms with Gasteiger partial charge in [0.1, 0.15) is 0 Å². The van der Waals surface area contributed by atoms with E-state index in [9.17, 15) is 9.70 Å². The third-order valence-electron chi connectivity index (χ3n) is 1.36. The fourth-order valence-electron chi connectivity index (χ4n) is 0.751. The Bertz CT molecular complexity index is 150. The molecule has 0 aliphatic heterocycles. The molecule has 0 aliphatic rings. The van der Waals surface area contributed by atoms with Crippen molar-refractivity contribution in [3.63, 3.8) is 0 Å². The van der Waals surface area contributed by atoms with Gasteiger partial charge in [-0.15, -0.1) is 4.91 Å². The standard InChI is InChI=1S/C7H13NO2/c1-5(2)6(9)7(3,4)8-10/h5H,1-4H3. The quantitative estimate of drug-likeness (QED) is 0.565. The lowest BCUT2D eigenvalue weighted by molar-refractivity contribution is -0.125. The average Bonchev–Trinajstić information content (AvgIpc) is 1.86. The minimum Gasteiger partial charge on any atom is -0.297 e. The first kappa shape index (κ1) is 9.27. The van der Waals surface area contributed by atoms with E-state index in [1.165, 1.54) is 13.8 Å². The highest BCUT2D eigenvalue weighted by atomic mass is 16.3. The van der Waals surface area contributed by atoms with Crippen LogP contribution in [0.3, 0.4) is 0 Å². The molecule has 3 nitrogen and oxygen atoms in total. The van der Waals surface area contributed by atoms with Gasteiger partial charge >= 0.3 is 0 Å². The largest absolute Gasteiger partial charge is 0.297 e. The van der Waals surface area contributed by atoms with Crippen LogP contribution in [0.25, 0.3) is 0 Å². The number of Topliss-reactive ketones (excluding diaryl/α,β-unsaturated/α-hetero) is 1. The number of nitrogens with zero attached hydrogens (tertiary/aromatic N) is 1. The van der Waals surface area contributed by atoms with Crippen molar-refractivity contribution in [2.75, 3.05) is 0 Å². The third kappa shape index (κ3) is 1.90. The van der Waals surface area contributed by atoms with E-state index in [-0.39, 0.29) is 11.7 Å². The number of carbonyl (C=O) groups excluding carboxylic acids is 1. The summed E-state index contributed by atoms with van der Waals surface area (Å²) < 4.78 is 0. The van der Waals surface area contributed by atoms with Gasteiger partial charge in [0, 0.05) is 5.92 Å². The zero-order chi connectivity index (χ0) is 8.36. The van der Waals surface area contributed by atoms with Crippen LogP contribution in [0, 0.1) is 10.8 Å². The van der Waals surface area contributed by atoms with Crippen molar-refractivity contribution in [1.29, 1.82) is 0 Å². The molecule has 0 amide bonds. The molecule has 0 spiro atoms. The second kappa shape index (κ2) is 2.90. The summed E-state index contributed by atoms with van der Waals surface area (Å²) >= 11 is 0. The Balaban J connectivity index is 4.33. The smallest absolute Gasteiger partial charge is 0.165 e. The molecule has 0 aromatic heterocycles. The van der Waals surface area contributed by atoms with Gasteiger partial charge in [-0.2, -0.15) is 0 Å². The third-order valence-corrected chi connectivity index (χ3v) is 1.36. The maximum absolute atomic E-state index is 11.1. The van der Waals surface area contributed by atoms with Crippen molar-refractivity contribution < 1.29 is 4.79 Å². The molecule has 10 heavy (non-hydrogen) atoms. The lowest BCUT2D eigenvalue weighted by Crippen LogP contribution is -2.32. The number of hydrogen-bond donors (Lipinski definition) is 0. The van der Waals surface area contributed by atoms with Crippen LogP contribution in [-0.2, 0) is 4.79 Å².